The molecule has 0 aliphatic carbocycles. The van der Waals surface area contributed by atoms with Crippen molar-refractivity contribution in [1.29, 1.82) is 0 Å². The largest absolute Gasteiger partial charge is 0.508 e. The van der Waals surface area contributed by atoms with E-state index in [0.717, 1.165) is 6.07 Å². The van der Waals surface area contributed by atoms with Crippen LogP contribution in [0, 0.1) is 0 Å². The molecular formula is C27H31O15+. The standard InChI is InChI=1S/C27H30O15/c28-8-17-19(32)21(34)23(36)26(41-17)39-15-6-12(31)5-14-13(15)7-16(25(38-14)10-1-3-11(30)4-2-10)40-27-24(37)22(35)20(33)18(9-29)42-27/h1-7,17-24,26-29,32-37H,8-9H2,(H-,30,31)/p+1/t17-,18-,19-,20-,21+,22+,23-,24-,26-,27-/m0/s1. The molecule has 15 nitrogen and oxygen atoms in total. The van der Waals surface area contributed by atoms with Crippen molar-refractivity contribution in [3.05, 3.63) is 42.5 Å². The molecule has 10 N–H and O–H groups in total. The van der Waals surface area contributed by atoms with E-state index in [1.54, 1.807) is 0 Å². The minimum Gasteiger partial charge on any atom is -0.508 e. The van der Waals surface area contributed by atoms with E-state index in [2.05, 4.69) is 0 Å². The van der Waals surface area contributed by atoms with Gasteiger partial charge in [-0.05, 0) is 24.3 Å². The fourth-order valence-electron chi connectivity index (χ4n) is 4.75. The molecule has 2 aliphatic heterocycles. The lowest BCUT2D eigenvalue weighted by Crippen LogP contribution is -2.60. The van der Waals surface area contributed by atoms with Gasteiger partial charge in [-0.25, -0.2) is 4.42 Å². The molecule has 0 saturated carbocycles. The summed E-state index contributed by atoms with van der Waals surface area (Å²) in [6, 6.07) is 9.41. The molecule has 10 atom stereocenters. The van der Waals surface area contributed by atoms with Crippen LogP contribution in [-0.2, 0) is 9.47 Å². The molecule has 0 radical (unpaired) electrons. The van der Waals surface area contributed by atoms with Crippen LogP contribution in [0.5, 0.6) is 23.0 Å². The molecule has 42 heavy (non-hydrogen) atoms. The second kappa shape index (κ2) is 12.1. The van der Waals surface area contributed by atoms with Crippen molar-refractivity contribution in [2.75, 3.05) is 13.2 Å². The van der Waals surface area contributed by atoms with Crippen LogP contribution in [0.25, 0.3) is 22.3 Å². The van der Waals surface area contributed by atoms with E-state index < -0.39 is 74.6 Å². The van der Waals surface area contributed by atoms with Gasteiger partial charge < -0.3 is 70.0 Å². The van der Waals surface area contributed by atoms with Crippen LogP contribution in [0.4, 0.5) is 0 Å². The summed E-state index contributed by atoms with van der Waals surface area (Å²) in [6.07, 6.45) is -16.0. The van der Waals surface area contributed by atoms with Crippen molar-refractivity contribution >= 4 is 11.0 Å². The molecule has 0 unspecified atom stereocenters. The van der Waals surface area contributed by atoms with Gasteiger partial charge in [-0.2, -0.15) is 0 Å². The number of fused-ring (bicyclic) bond motifs is 1. The number of phenolic OH excluding ortho intramolecular Hbond substituents is 2. The van der Waals surface area contributed by atoms with Gasteiger partial charge in [-0.3, -0.25) is 0 Å². The average molecular weight is 596 g/mol. The van der Waals surface area contributed by atoms with Gasteiger partial charge in [-0.1, -0.05) is 0 Å². The fourth-order valence-corrected chi connectivity index (χ4v) is 4.75. The number of ether oxygens (including phenoxy) is 4. The number of hydrogen-bond acceptors (Lipinski definition) is 14. The van der Waals surface area contributed by atoms with Crippen molar-refractivity contribution in [2.24, 2.45) is 0 Å². The van der Waals surface area contributed by atoms with E-state index in [4.69, 9.17) is 23.4 Å². The molecule has 3 aromatic rings. The maximum absolute atomic E-state index is 10.6. The minimum absolute atomic E-state index is 0.00357. The highest BCUT2D eigenvalue weighted by Crippen LogP contribution is 2.42. The Kier molecular flexibility index (Phi) is 8.68. The van der Waals surface area contributed by atoms with Crippen molar-refractivity contribution in [2.45, 2.75) is 61.4 Å². The highest BCUT2D eigenvalue weighted by Gasteiger charge is 2.47. The Bertz CT molecular complexity index is 1380. The number of aromatic hydroxyl groups is 2. The van der Waals surface area contributed by atoms with E-state index >= 15 is 0 Å². The highest BCUT2D eigenvalue weighted by atomic mass is 16.7. The Morgan fingerprint density at radius 1 is 0.619 bits per heavy atom. The van der Waals surface area contributed by atoms with Crippen LogP contribution in [0.2, 0.25) is 0 Å². The van der Waals surface area contributed by atoms with Gasteiger partial charge in [0.25, 0.3) is 0 Å². The first-order chi connectivity index (χ1) is 20.0. The van der Waals surface area contributed by atoms with Gasteiger partial charge in [0.2, 0.25) is 18.3 Å². The Morgan fingerprint density at radius 3 is 1.67 bits per heavy atom. The van der Waals surface area contributed by atoms with Gasteiger partial charge >= 0.3 is 11.3 Å². The molecule has 2 saturated heterocycles. The van der Waals surface area contributed by atoms with Gasteiger partial charge in [0.05, 0.1) is 24.8 Å². The first-order valence-electron chi connectivity index (χ1n) is 12.9. The first kappa shape index (κ1) is 30.1. The molecule has 15 heteroatoms. The van der Waals surface area contributed by atoms with Crippen LogP contribution in [-0.4, -0.2) is 126 Å². The predicted octanol–water partition coefficient (Wildman–Crippen LogP) is -1.85. The molecule has 2 fully saturated rings. The minimum atomic E-state index is -1.77. The second-order valence-electron chi connectivity index (χ2n) is 9.97. The summed E-state index contributed by atoms with van der Waals surface area (Å²) < 4.78 is 28.6. The van der Waals surface area contributed by atoms with Crippen LogP contribution in [0.3, 0.4) is 0 Å². The molecular weight excluding hydrogens is 564 g/mol. The number of aliphatic hydroxyl groups is 8. The van der Waals surface area contributed by atoms with E-state index in [0.29, 0.717) is 5.56 Å². The molecule has 3 heterocycles. The van der Waals surface area contributed by atoms with Crippen LogP contribution in [0.1, 0.15) is 0 Å². The SMILES string of the molecule is OC[C@@H]1O[C@H](Oc2cc3c(O[C@H]4O[C@@H](CO)[C@H](O)[C@@H](O)[C@@H]4O)cc(O)cc3[o+]c2-c2ccc(O)cc2)[C@@H](O)[C@H](O)[C@H]1O. The first-order valence-corrected chi connectivity index (χ1v) is 12.9. The average Bonchev–Trinajstić information content (AvgIpc) is 2.98. The third-order valence-corrected chi connectivity index (χ3v) is 7.11. The summed E-state index contributed by atoms with van der Waals surface area (Å²) in [5, 5.41) is 101. The monoisotopic (exact) mass is 595 g/mol. The summed E-state index contributed by atoms with van der Waals surface area (Å²) in [5.41, 5.74) is 0.368. The molecule has 0 spiro atoms. The summed E-state index contributed by atoms with van der Waals surface area (Å²) in [7, 11) is 0. The third kappa shape index (κ3) is 5.67. The number of rotatable bonds is 7. The smallest absolute Gasteiger partial charge is 0.402 e. The summed E-state index contributed by atoms with van der Waals surface area (Å²) >= 11 is 0. The van der Waals surface area contributed by atoms with Gasteiger partial charge in [0, 0.05) is 12.1 Å². The Labute approximate surface area is 237 Å². The molecule has 0 bridgehead atoms. The van der Waals surface area contributed by atoms with E-state index in [1.165, 1.54) is 36.4 Å². The van der Waals surface area contributed by atoms with E-state index in [-0.39, 0.29) is 39.7 Å². The van der Waals surface area contributed by atoms with Crippen molar-refractivity contribution in [3.8, 4) is 34.3 Å². The van der Waals surface area contributed by atoms with E-state index in [9.17, 15) is 51.1 Å². The fraction of sp³-hybridized carbons (Fsp3) is 0.444. The summed E-state index contributed by atoms with van der Waals surface area (Å²) in [6.45, 7) is -1.40. The van der Waals surface area contributed by atoms with Gasteiger partial charge in [-0.15, -0.1) is 0 Å². The van der Waals surface area contributed by atoms with E-state index in [1.807, 2.05) is 0 Å². The topological polar surface area (TPSA) is 251 Å². The van der Waals surface area contributed by atoms with Crippen LogP contribution >= 0.6 is 0 Å². The Balaban J connectivity index is 1.59. The number of phenols is 2. The lowest BCUT2D eigenvalue weighted by Gasteiger charge is -2.39. The molecule has 1 aromatic heterocycles. The van der Waals surface area contributed by atoms with Crippen LogP contribution < -0.4 is 9.47 Å². The Morgan fingerprint density at radius 2 is 1.14 bits per heavy atom. The summed E-state index contributed by atoms with van der Waals surface area (Å²) in [5.74, 6) is -0.673. The number of aliphatic hydroxyl groups excluding tert-OH is 8. The maximum atomic E-state index is 10.6. The number of benzene rings is 2. The normalized spacial score (nSPS) is 33.4. The Hall–Kier alpha value is -3.35. The highest BCUT2D eigenvalue weighted by molar-refractivity contribution is 5.88. The second-order valence-corrected chi connectivity index (χ2v) is 9.97. The van der Waals surface area contributed by atoms with Gasteiger partial charge in [0.15, 0.2) is 0 Å². The third-order valence-electron chi connectivity index (χ3n) is 7.11. The quantitative estimate of drug-likeness (QED) is 0.135. The van der Waals surface area contributed by atoms with Gasteiger partial charge in [0.1, 0.15) is 71.5 Å². The maximum Gasteiger partial charge on any atom is 0.402 e. The molecule has 5 rings (SSSR count). The zero-order chi connectivity index (χ0) is 30.3. The van der Waals surface area contributed by atoms with Crippen molar-refractivity contribution < 1.29 is 74.4 Å². The molecule has 0 amide bonds. The number of hydrogen-bond donors (Lipinski definition) is 10. The predicted molar refractivity (Wildman–Crippen MR) is 138 cm³/mol. The van der Waals surface area contributed by atoms with Crippen molar-refractivity contribution in [3.63, 3.8) is 0 Å². The van der Waals surface area contributed by atoms with Crippen molar-refractivity contribution in [1.82, 2.24) is 0 Å². The zero-order valence-corrected chi connectivity index (χ0v) is 21.7. The lowest BCUT2D eigenvalue weighted by molar-refractivity contribution is -0.277. The lowest BCUT2D eigenvalue weighted by atomic mass is 9.99. The summed E-state index contributed by atoms with van der Waals surface area (Å²) in [4.78, 5) is 0. The molecule has 2 aromatic carbocycles. The molecule has 228 valence electrons. The molecule has 2 aliphatic rings. The van der Waals surface area contributed by atoms with Crippen LogP contribution in [0.15, 0.2) is 46.9 Å². The zero-order valence-electron chi connectivity index (χ0n) is 21.7.